The van der Waals surface area contributed by atoms with E-state index in [-0.39, 0.29) is 5.91 Å². The van der Waals surface area contributed by atoms with Gasteiger partial charge in [-0.2, -0.15) is 0 Å². The number of anilines is 1. The number of aryl methyl sites for hydroxylation is 1. The fourth-order valence-electron chi connectivity index (χ4n) is 2.00. The number of nitrogens with zero attached hydrogens (tertiary/aromatic N) is 1. The molecule has 2 aromatic rings. The van der Waals surface area contributed by atoms with Crippen LogP contribution in [0.15, 0.2) is 36.4 Å². The van der Waals surface area contributed by atoms with Crippen LogP contribution in [0, 0.1) is 10.5 Å². The number of methoxy groups -OCH3 is 1. The lowest BCUT2D eigenvalue weighted by Gasteiger charge is -2.19. The minimum Gasteiger partial charge on any atom is -0.496 e. The Morgan fingerprint density at radius 1 is 1.29 bits per heavy atom. The molecule has 1 amide bonds. The van der Waals surface area contributed by atoms with Crippen LogP contribution in [0.25, 0.3) is 0 Å². The molecule has 110 valence electrons. The summed E-state index contributed by atoms with van der Waals surface area (Å²) in [6.07, 6.45) is 0. The second kappa shape index (κ2) is 6.66. The van der Waals surface area contributed by atoms with Crippen molar-refractivity contribution in [3.63, 3.8) is 0 Å². The summed E-state index contributed by atoms with van der Waals surface area (Å²) in [5, 5.41) is 0.539. The highest BCUT2D eigenvalue weighted by molar-refractivity contribution is 14.1. The van der Waals surface area contributed by atoms with Gasteiger partial charge in [-0.05, 0) is 59.3 Å². The minimum absolute atomic E-state index is 0.157. The molecule has 5 heteroatoms. The molecule has 21 heavy (non-hydrogen) atoms. The molecule has 0 unspecified atom stereocenters. The quantitative estimate of drug-likeness (QED) is 0.689. The first-order valence-electron chi connectivity index (χ1n) is 6.31. The van der Waals surface area contributed by atoms with Gasteiger partial charge < -0.3 is 9.64 Å². The Morgan fingerprint density at radius 2 is 2.00 bits per heavy atom. The third-order valence-electron chi connectivity index (χ3n) is 3.17. The van der Waals surface area contributed by atoms with Crippen molar-refractivity contribution in [2.45, 2.75) is 6.92 Å². The molecule has 0 atom stereocenters. The highest BCUT2D eigenvalue weighted by Gasteiger charge is 2.19. The summed E-state index contributed by atoms with van der Waals surface area (Å²) in [6, 6.07) is 11.2. The predicted octanol–water partition coefficient (Wildman–Crippen LogP) is 4.54. The average Bonchev–Trinajstić information content (AvgIpc) is 2.48. The third kappa shape index (κ3) is 3.49. The predicted molar refractivity (Wildman–Crippen MR) is 94.6 cm³/mol. The molecule has 0 aromatic heterocycles. The zero-order valence-corrected chi connectivity index (χ0v) is 14.9. The topological polar surface area (TPSA) is 29.5 Å². The molecule has 0 saturated heterocycles. The number of ether oxygens (including phenoxy) is 1. The Labute approximate surface area is 143 Å². The second-order valence-corrected chi connectivity index (χ2v) is 6.24. The molecule has 0 aliphatic rings. The standard InChI is InChI=1S/C16H15ClINO2/c1-10-5-4-6-11(7-10)19(2)16(20)12-8-13(17)14(18)9-15(12)21-3/h4-9H,1-3H3. The number of benzene rings is 2. The van der Waals surface area contributed by atoms with Crippen LogP contribution in [0.3, 0.4) is 0 Å². The van der Waals surface area contributed by atoms with Gasteiger partial charge >= 0.3 is 0 Å². The summed E-state index contributed by atoms with van der Waals surface area (Å²) in [6.45, 7) is 1.99. The van der Waals surface area contributed by atoms with Crippen molar-refractivity contribution in [3.8, 4) is 5.75 Å². The number of rotatable bonds is 3. The van der Waals surface area contributed by atoms with Crippen LogP contribution in [-0.4, -0.2) is 20.1 Å². The van der Waals surface area contributed by atoms with E-state index in [1.165, 1.54) is 0 Å². The number of hydrogen-bond acceptors (Lipinski definition) is 2. The maximum atomic E-state index is 12.7. The Morgan fingerprint density at radius 3 is 2.62 bits per heavy atom. The average molecular weight is 416 g/mol. The summed E-state index contributed by atoms with van der Waals surface area (Å²) in [5.41, 5.74) is 2.38. The normalized spacial score (nSPS) is 10.3. The first-order chi connectivity index (χ1) is 9.93. The first-order valence-corrected chi connectivity index (χ1v) is 7.77. The van der Waals surface area contributed by atoms with Crippen molar-refractivity contribution in [2.75, 3.05) is 19.1 Å². The molecule has 0 radical (unpaired) electrons. The lowest BCUT2D eigenvalue weighted by molar-refractivity contribution is 0.0990. The maximum absolute atomic E-state index is 12.7. The Bertz CT molecular complexity index is 688. The molecule has 2 rings (SSSR count). The SMILES string of the molecule is COc1cc(I)c(Cl)cc1C(=O)N(C)c1cccc(C)c1. The van der Waals surface area contributed by atoms with Gasteiger partial charge in [0.05, 0.1) is 17.7 Å². The van der Waals surface area contributed by atoms with Gasteiger partial charge in [-0.25, -0.2) is 0 Å². The molecule has 3 nitrogen and oxygen atoms in total. The molecular weight excluding hydrogens is 401 g/mol. The van der Waals surface area contributed by atoms with Gasteiger partial charge in [0.1, 0.15) is 5.75 Å². The number of carbonyl (C=O) groups excluding carboxylic acids is 1. The number of hydrogen-bond donors (Lipinski definition) is 0. The summed E-state index contributed by atoms with van der Waals surface area (Å²) in [4.78, 5) is 14.3. The van der Waals surface area contributed by atoms with Gasteiger partial charge in [0.2, 0.25) is 0 Å². The van der Waals surface area contributed by atoms with E-state index >= 15 is 0 Å². The lowest BCUT2D eigenvalue weighted by Crippen LogP contribution is -2.26. The van der Waals surface area contributed by atoms with Gasteiger partial charge in [-0.3, -0.25) is 4.79 Å². The molecule has 2 aromatic carbocycles. The van der Waals surface area contributed by atoms with Gasteiger partial charge in [-0.15, -0.1) is 0 Å². The Balaban J connectivity index is 2.42. The van der Waals surface area contributed by atoms with E-state index in [1.54, 1.807) is 31.2 Å². The molecule has 0 spiro atoms. The second-order valence-electron chi connectivity index (χ2n) is 4.67. The molecule has 0 aliphatic heterocycles. The summed E-state index contributed by atoms with van der Waals surface area (Å²) in [7, 11) is 3.28. The number of carbonyl (C=O) groups is 1. The largest absolute Gasteiger partial charge is 0.496 e. The fraction of sp³-hybridized carbons (Fsp3) is 0.188. The summed E-state index contributed by atoms with van der Waals surface area (Å²) >= 11 is 8.24. The van der Waals surface area contributed by atoms with E-state index in [0.29, 0.717) is 16.3 Å². The number of halogens is 2. The third-order valence-corrected chi connectivity index (χ3v) is 4.69. The lowest BCUT2D eigenvalue weighted by atomic mass is 10.1. The summed E-state index contributed by atoms with van der Waals surface area (Å²) < 4.78 is 6.15. The van der Waals surface area contributed by atoms with E-state index in [9.17, 15) is 4.79 Å². The highest BCUT2D eigenvalue weighted by atomic mass is 127. The van der Waals surface area contributed by atoms with Crippen molar-refractivity contribution in [2.24, 2.45) is 0 Å². The van der Waals surface area contributed by atoms with E-state index in [1.807, 2.05) is 31.2 Å². The van der Waals surface area contributed by atoms with Crippen molar-refractivity contribution >= 4 is 45.8 Å². The fourth-order valence-corrected chi connectivity index (χ4v) is 2.60. The van der Waals surface area contributed by atoms with E-state index in [2.05, 4.69) is 22.6 Å². The van der Waals surface area contributed by atoms with Gasteiger partial charge in [0.15, 0.2) is 0 Å². The smallest absolute Gasteiger partial charge is 0.261 e. The van der Waals surface area contributed by atoms with Crippen molar-refractivity contribution in [3.05, 3.63) is 56.1 Å². The van der Waals surface area contributed by atoms with Crippen molar-refractivity contribution < 1.29 is 9.53 Å². The van der Waals surface area contributed by atoms with Gasteiger partial charge in [-0.1, -0.05) is 23.7 Å². The van der Waals surface area contributed by atoms with E-state index in [0.717, 1.165) is 14.8 Å². The van der Waals surface area contributed by atoms with Crippen LogP contribution >= 0.6 is 34.2 Å². The highest BCUT2D eigenvalue weighted by Crippen LogP contribution is 2.30. The molecule has 0 aliphatic carbocycles. The molecule has 0 N–H and O–H groups in total. The summed E-state index contributed by atoms with van der Waals surface area (Å²) in [5.74, 6) is 0.365. The van der Waals surface area contributed by atoms with Crippen LogP contribution in [0.1, 0.15) is 15.9 Å². The van der Waals surface area contributed by atoms with Gasteiger partial charge in [0, 0.05) is 16.3 Å². The van der Waals surface area contributed by atoms with Crippen molar-refractivity contribution in [1.29, 1.82) is 0 Å². The molecule has 0 bridgehead atoms. The molecular formula is C16H15ClINO2. The van der Waals surface area contributed by atoms with Crippen LogP contribution in [0.4, 0.5) is 5.69 Å². The first kappa shape index (κ1) is 16.1. The maximum Gasteiger partial charge on any atom is 0.261 e. The monoisotopic (exact) mass is 415 g/mol. The van der Waals surface area contributed by atoms with Crippen LogP contribution in [0.2, 0.25) is 5.02 Å². The number of amides is 1. The molecule has 0 saturated carbocycles. The van der Waals surface area contributed by atoms with Crippen LogP contribution < -0.4 is 9.64 Å². The van der Waals surface area contributed by atoms with E-state index in [4.69, 9.17) is 16.3 Å². The van der Waals surface area contributed by atoms with Crippen LogP contribution in [-0.2, 0) is 0 Å². The van der Waals surface area contributed by atoms with Crippen LogP contribution in [0.5, 0.6) is 5.75 Å². The molecule has 0 heterocycles. The van der Waals surface area contributed by atoms with Gasteiger partial charge in [0.25, 0.3) is 5.91 Å². The van der Waals surface area contributed by atoms with E-state index < -0.39 is 0 Å². The Hall–Kier alpha value is -1.27. The molecule has 0 fully saturated rings. The van der Waals surface area contributed by atoms with Crippen molar-refractivity contribution in [1.82, 2.24) is 0 Å². The zero-order chi connectivity index (χ0) is 15.6. The Kier molecular flexibility index (Phi) is 5.11. The minimum atomic E-state index is -0.157. The zero-order valence-electron chi connectivity index (χ0n) is 12.0.